The van der Waals surface area contributed by atoms with Crippen LogP contribution in [-0.4, -0.2) is 32.0 Å². The highest BCUT2D eigenvalue weighted by Gasteiger charge is 2.08. The molecular weight excluding hydrogens is 298 g/mol. The molecule has 0 aromatic carbocycles. The van der Waals surface area contributed by atoms with Crippen LogP contribution >= 0.6 is 15.9 Å². The summed E-state index contributed by atoms with van der Waals surface area (Å²) < 4.78 is 4.25. The number of halogens is 1. The minimum atomic E-state index is -0.213. The molecule has 6 nitrogen and oxygen atoms in total. The van der Waals surface area contributed by atoms with E-state index in [1.54, 1.807) is 33.9 Å². The van der Waals surface area contributed by atoms with Gasteiger partial charge < -0.3 is 5.32 Å². The third-order valence-electron chi connectivity index (χ3n) is 2.17. The van der Waals surface area contributed by atoms with Crippen molar-refractivity contribution in [2.24, 2.45) is 0 Å². The van der Waals surface area contributed by atoms with Crippen molar-refractivity contribution >= 4 is 21.8 Å². The molecule has 2 aromatic heterocycles. The number of nitrogens with zero attached hydrogens (tertiary/aromatic N) is 4. The second kappa shape index (κ2) is 5.63. The van der Waals surface area contributed by atoms with E-state index < -0.39 is 0 Å². The van der Waals surface area contributed by atoms with Crippen molar-refractivity contribution in [3.8, 4) is 0 Å². The van der Waals surface area contributed by atoms with Gasteiger partial charge in [0.2, 0.25) is 0 Å². The average molecular weight is 310 g/mol. The molecule has 0 aliphatic heterocycles. The molecule has 7 heteroatoms. The van der Waals surface area contributed by atoms with Crippen molar-refractivity contribution in [3.63, 3.8) is 0 Å². The van der Waals surface area contributed by atoms with Crippen molar-refractivity contribution in [1.29, 1.82) is 0 Å². The third-order valence-corrected chi connectivity index (χ3v) is 2.58. The molecule has 0 atom stereocenters. The Hall–Kier alpha value is -1.89. The van der Waals surface area contributed by atoms with E-state index in [0.717, 1.165) is 4.47 Å². The molecule has 1 amide bonds. The molecule has 0 aliphatic rings. The van der Waals surface area contributed by atoms with Crippen molar-refractivity contribution in [2.75, 3.05) is 6.54 Å². The monoisotopic (exact) mass is 309 g/mol. The molecule has 2 heterocycles. The third kappa shape index (κ3) is 3.07. The van der Waals surface area contributed by atoms with Crippen LogP contribution in [0.15, 0.2) is 41.8 Å². The Morgan fingerprint density at radius 1 is 1.56 bits per heavy atom. The zero-order valence-corrected chi connectivity index (χ0v) is 11.2. The zero-order valence-electron chi connectivity index (χ0n) is 9.58. The molecular formula is C11H12BrN5O. The fourth-order valence-corrected chi connectivity index (χ4v) is 1.71. The molecule has 1 N–H and O–H groups in total. The molecule has 2 rings (SSSR count). The van der Waals surface area contributed by atoms with Crippen molar-refractivity contribution < 1.29 is 4.79 Å². The smallest absolute Gasteiger partial charge is 0.272 e. The van der Waals surface area contributed by atoms with E-state index in [1.807, 2.05) is 6.20 Å². The van der Waals surface area contributed by atoms with Crippen molar-refractivity contribution in [2.45, 2.75) is 6.67 Å². The molecule has 0 saturated heterocycles. The van der Waals surface area contributed by atoms with Crippen LogP contribution in [0.25, 0.3) is 0 Å². The predicted octanol–water partition coefficient (Wildman–Crippen LogP) is 1.26. The van der Waals surface area contributed by atoms with Gasteiger partial charge >= 0.3 is 0 Å². The topological polar surface area (TPSA) is 64.7 Å². The zero-order chi connectivity index (χ0) is 13.0. The molecule has 0 bridgehead atoms. The Morgan fingerprint density at radius 3 is 3.06 bits per heavy atom. The van der Waals surface area contributed by atoms with E-state index in [4.69, 9.17) is 0 Å². The molecule has 2 aromatic rings. The van der Waals surface area contributed by atoms with Gasteiger partial charge in [-0.15, -0.1) is 6.58 Å². The van der Waals surface area contributed by atoms with Gasteiger partial charge in [-0.3, -0.25) is 9.48 Å². The number of aromatic nitrogens is 4. The van der Waals surface area contributed by atoms with Crippen molar-refractivity contribution in [3.05, 3.63) is 47.5 Å². The SMILES string of the molecule is C=CCNC(=O)c1ccn(Cn2cc(Br)cn2)n1. The fraction of sp³-hybridized carbons (Fsp3) is 0.182. The number of nitrogens with one attached hydrogen (secondary N) is 1. The highest BCUT2D eigenvalue weighted by Crippen LogP contribution is 2.06. The maximum atomic E-state index is 11.6. The van der Waals surface area contributed by atoms with Crippen LogP contribution < -0.4 is 5.32 Å². The Morgan fingerprint density at radius 2 is 2.39 bits per heavy atom. The Labute approximate surface area is 112 Å². The minimum absolute atomic E-state index is 0.213. The lowest BCUT2D eigenvalue weighted by Gasteiger charge is -2.01. The normalized spacial score (nSPS) is 10.3. The standard InChI is InChI=1S/C11H12BrN5O/c1-2-4-13-11(18)10-3-5-16(15-10)8-17-7-9(12)6-14-17/h2-3,5-7H,1,4,8H2,(H,13,18). The second-order valence-electron chi connectivity index (χ2n) is 3.58. The van der Waals surface area contributed by atoms with Crippen LogP contribution in [0.2, 0.25) is 0 Å². The maximum Gasteiger partial charge on any atom is 0.272 e. The summed E-state index contributed by atoms with van der Waals surface area (Å²) in [6, 6.07) is 1.66. The Bertz CT molecular complexity index is 559. The summed E-state index contributed by atoms with van der Waals surface area (Å²) in [5, 5.41) is 10.9. The lowest BCUT2D eigenvalue weighted by molar-refractivity contribution is 0.0952. The van der Waals surface area contributed by atoms with Crippen LogP contribution in [0.1, 0.15) is 10.5 Å². The number of amides is 1. The lowest BCUT2D eigenvalue weighted by atomic mass is 10.4. The van der Waals surface area contributed by atoms with Gasteiger partial charge in [0.05, 0.1) is 10.7 Å². The summed E-state index contributed by atoms with van der Waals surface area (Å²) in [5.41, 5.74) is 0.378. The van der Waals surface area contributed by atoms with Gasteiger partial charge in [0.25, 0.3) is 5.91 Å². The Balaban J connectivity index is 2.01. The van der Waals surface area contributed by atoms with E-state index in [1.165, 1.54) is 0 Å². The number of carbonyl (C=O) groups excluding carboxylic acids is 1. The van der Waals surface area contributed by atoms with Crippen LogP contribution in [0.3, 0.4) is 0 Å². The largest absolute Gasteiger partial charge is 0.347 e. The summed E-state index contributed by atoms with van der Waals surface area (Å²) in [6.07, 6.45) is 6.88. The lowest BCUT2D eigenvalue weighted by Crippen LogP contribution is -2.24. The van der Waals surface area contributed by atoms with Gasteiger partial charge in [0, 0.05) is 18.9 Å². The molecule has 94 valence electrons. The molecule has 0 unspecified atom stereocenters. The van der Waals surface area contributed by atoms with E-state index in [0.29, 0.717) is 18.9 Å². The van der Waals surface area contributed by atoms with Gasteiger partial charge in [-0.25, -0.2) is 4.68 Å². The van der Waals surface area contributed by atoms with E-state index in [9.17, 15) is 4.79 Å². The predicted molar refractivity (Wildman–Crippen MR) is 70.1 cm³/mol. The van der Waals surface area contributed by atoms with Crippen molar-refractivity contribution in [1.82, 2.24) is 24.9 Å². The number of carbonyl (C=O) groups is 1. The summed E-state index contributed by atoms with van der Waals surface area (Å²) in [5.74, 6) is -0.213. The Kier molecular flexibility index (Phi) is 3.93. The molecule has 0 radical (unpaired) electrons. The highest BCUT2D eigenvalue weighted by atomic mass is 79.9. The van der Waals surface area contributed by atoms with E-state index in [2.05, 4.69) is 38.0 Å². The first kappa shape index (κ1) is 12.6. The first-order chi connectivity index (χ1) is 8.69. The van der Waals surface area contributed by atoms with Gasteiger partial charge in [-0.1, -0.05) is 6.08 Å². The minimum Gasteiger partial charge on any atom is -0.347 e. The van der Waals surface area contributed by atoms with Crippen LogP contribution in [-0.2, 0) is 6.67 Å². The molecule has 0 fully saturated rings. The van der Waals surface area contributed by atoms with E-state index in [-0.39, 0.29) is 5.91 Å². The van der Waals surface area contributed by atoms with Crippen LogP contribution in [0.5, 0.6) is 0 Å². The highest BCUT2D eigenvalue weighted by molar-refractivity contribution is 9.10. The summed E-state index contributed by atoms with van der Waals surface area (Å²) in [4.78, 5) is 11.6. The summed E-state index contributed by atoms with van der Waals surface area (Å²) in [6.45, 7) is 4.42. The first-order valence-corrected chi connectivity index (χ1v) is 6.09. The molecule has 0 aliphatic carbocycles. The van der Waals surface area contributed by atoms with Gasteiger partial charge in [0.15, 0.2) is 0 Å². The van der Waals surface area contributed by atoms with Gasteiger partial charge in [0.1, 0.15) is 12.4 Å². The average Bonchev–Trinajstić information content (AvgIpc) is 2.96. The van der Waals surface area contributed by atoms with Crippen LogP contribution in [0.4, 0.5) is 0 Å². The van der Waals surface area contributed by atoms with Gasteiger partial charge in [-0.05, 0) is 22.0 Å². The molecule has 0 saturated carbocycles. The second-order valence-corrected chi connectivity index (χ2v) is 4.49. The first-order valence-electron chi connectivity index (χ1n) is 5.29. The summed E-state index contributed by atoms with van der Waals surface area (Å²) >= 11 is 3.32. The van der Waals surface area contributed by atoms with Crippen LogP contribution in [0, 0.1) is 0 Å². The maximum absolute atomic E-state index is 11.6. The van der Waals surface area contributed by atoms with Gasteiger partial charge in [-0.2, -0.15) is 10.2 Å². The van der Waals surface area contributed by atoms with E-state index >= 15 is 0 Å². The number of hydrogen-bond acceptors (Lipinski definition) is 3. The molecule has 0 spiro atoms. The fourth-order valence-electron chi connectivity index (χ4n) is 1.38. The quantitative estimate of drug-likeness (QED) is 0.846. The number of rotatable bonds is 5. The number of hydrogen-bond donors (Lipinski definition) is 1. The molecule has 18 heavy (non-hydrogen) atoms. The summed E-state index contributed by atoms with van der Waals surface area (Å²) in [7, 11) is 0.